The Hall–Kier alpha value is -3.14. The maximum Gasteiger partial charge on any atom is 0.265 e. The molecule has 0 unspecified atom stereocenters. The van der Waals surface area contributed by atoms with Crippen molar-refractivity contribution in [2.24, 2.45) is 7.05 Å². The number of nitrogens with zero attached hydrogens (tertiary/aromatic N) is 3. The second-order valence-electron chi connectivity index (χ2n) is 6.24. The Kier molecular flexibility index (Phi) is 2.47. The van der Waals surface area contributed by atoms with Crippen molar-refractivity contribution in [2.45, 2.75) is 6.92 Å². The highest BCUT2D eigenvalue weighted by Crippen LogP contribution is 2.32. The van der Waals surface area contributed by atoms with Crippen LogP contribution in [0, 0.1) is 6.92 Å². The third kappa shape index (κ3) is 1.52. The number of benzene rings is 2. The molecule has 0 saturated heterocycles. The van der Waals surface area contributed by atoms with Gasteiger partial charge >= 0.3 is 0 Å². The van der Waals surface area contributed by atoms with Crippen LogP contribution in [0.3, 0.4) is 0 Å². The van der Waals surface area contributed by atoms with Gasteiger partial charge in [-0.2, -0.15) is 0 Å². The molecule has 0 radical (unpaired) electrons. The van der Waals surface area contributed by atoms with Crippen LogP contribution in [0.5, 0.6) is 0 Å². The lowest BCUT2D eigenvalue weighted by Crippen LogP contribution is -2.16. The summed E-state index contributed by atoms with van der Waals surface area (Å²) in [5, 5.41) is 3.00. The first-order valence-electron chi connectivity index (χ1n) is 7.94. The minimum atomic E-state index is -0.0224. The normalized spacial score (nSPS) is 11.9. The van der Waals surface area contributed by atoms with E-state index in [2.05, 4.69) is 23.6 Å². The maximum absolute atomic E-state index is 12.9. The lowest BCUT2D eigenvalue weighted by molar-refractivity contribution is 0.995. The van der Waals surface area contributed by atoms with Crippen LogP contribution in [-0.4, -0.2) is 14.0 Å². The summed E-state index contributed by atoms with van der Waals surface area (Å²) >= 11 is 0. The van der Waals surface area contributed by atoms with Gasteiger partial charge in [-0.15, -0.1) is 0 Å². The summed E-state index contributed by atoms with van der Waals surface area (Å²) in [6, 6.07) is 15.8. The van der Waals surface area contributed by atoms with E-state index >= 15 is 0 Å². The molecule has 3 heterocycles. The molecule has 0 amide bonds. The number of fused-ring (bicyclic) bond motifs is 6. The van der Waals surface area contributed by atoms with Crippen molar-refractivity contribution in [3.8, 4) is 0 Å². The van der Waals surface area contributed by atoms with E-state index in [1.54, 1.807) is 4.40 Å². The molecule has 0 saturated carbocycles. The topological polar surface area (TPSA) is 39.3 Å². The Morgan fingerprint density at radius 1 is 0.958 bits per heavy atom. The Balaban J connectivity index is 2.18. The lowest BCUT2D eigenvalue weighted by atomic mass is 10.1. The number of aromatic nitrogens is 3. The molecule has 0 aliphatic heterocycles. The molecule has 0 bridgehead atoms. The average molecular weight is 313 g/mol. The Bertz CT molecular complexity index is 1340. The van der Waals surface area contributed by atoms with Crippen LogP contribution < -0.4 is 5.56 Å². The second-order valence-corrected chi connectivity index (χ2v) is 6.24. The molecule has 5 aromatic rings. The van der Waals surface area contributed by atoms with E-state index in [0.29, 0.717) is 11.0 Å². The predicted molar refractivity (Wildman–Crippen MR) is 97.7 cm³/mol. The monoisotopic (exact) mass is 313 g/mol. The van der Waals surface area contributed by atoms with Crippen molar-refractivity contribution in [3.63, 3.8) is 0 Å². The number of para-hydroxylation sites is 2. The SMILES string of the molecule is Cc1cn2c(=O)c3ccccc3nc2c2c1c1ccccc1n2C. The van der Waals surface area contributed by atoms with Crippen LogP contribution in [-0.2, 0) is 7.05 Å². The number of aryl methyl sites for hydroxylation is 2. The van der Waals surface area contributed by atoms with Gasteiger partial charge in [0.15, 0.2) is 5.65 Å². The predicted octanol–water partition coefficient (Wildman–Crippen LogP) is 3.80. The largest absolute Gasteiger partial charge is 0.341 e. The smallest absolute Gasteiger partial charge is 0.265 e. The Labute approximate surface area is 137 Å². The number of hydrogen-bond donors (Lipinski definition) is 0. The van der Waals surface area contributed by atoms with Gasteiger partial charge in [-0.1, -0.05) is 30.3 Å². The van der Waals surface area contributed by atoms with Gasteiger partial charge in [0.05, 0.1) is 16.4 Å². The van der Waals surface area contributed by atoms with Crippen LogP contribution in [0.2, 0.25) is 0 Å². The lowest BCUT2D eigenvalue weighted by Gasteiger charge is -2.08. The minimum Gasteiger partial charge on any atom is -0.341 e. The van der Waals surface area contributed by atoms with Gasteiger partial charge in [0.25, 0.3) is 5.56 Å². The van der Waals surface area contributed by atoms with E-state index in [4.69, 9.17) is 4.98 Å². The van der Waals surface area contributed by atoms with Crippen molar-refractivity contribution < 1.29 is 0 Å². The van der Waals surface area contributed by atoms with Crippen LogP contribution in [0.1, 0.15) is 5.56 Å². The average Bonchev–Trinajstić information content (AvgIpc) is 2.91. The number of pyridine rings is 1. The van der Waals surface area contributed by atoms with Gasteiger partial charge in [-0.25, -0.2) is 4.98 Å². The molecule has 0 N–H and O–H groups in total. The van der Waals surface area contributed by atoms with Crippen LogP contribution in [0.15, 0.2) is 59.5 Å². The molecule has 0 aliphatic carbocycles. The van der Waals surface area contributed by atoms with Gasteiger partial charge in [-0.05, 0) is 30.7 Å². The molecule has 0 atom stereocenters. The van der Waals surface area contributed by atoms with E-state index in [1.807, 2.05) is 49.6 Å². The van der Waals surface area contributed by atoms with E-state index in [-0.39, 0.29) is 5.56 Å². The van der Waals surface area contributed by atoms with Crippen LogP contribution in [0.4, 0.5) is 0 Å². The summed E-state index contributed by atoms with van der Waals surface area (Å²) in [6.45, 7) is 2.05. The fourth-order valence-corrected chi connectivity index (χ4v) is 3.75. The standard InChI is InChI=1S/C20H15N3O/c1-12-11-23-19(21-15-9-5-3-7-13(15)20(23)24)18-17(12)14-8-4-6-10-16(14)22(18)2/h3-11H,1-2H3. The summed E-state index contributed by atoms with van der Waals surface area (Å²) < 4.78 is 3.81. The molecule has 5 rings (SSSR count). The van der Waals surface area contributed by atoms with Crippen molar-refractivity contribution in [1.82, 2.24) is 14.0 Å². The van der Waals surface area contributed by atoms with Gasteiger partial charge in [0.1, 0.15) is 0 Å². The zero-order chi connectivity index (χ0) is 16.4. The summed E-state index contributed by atoms with van der Waals surface area (Å²) in [7, 11) is 2.03. The molecule has 0 spiro atoms. The quantitative estimate of drug-likeness (QED) is 0.408. The molecule has 0 aliphatic rings. The highest BCUT2D eigenvalue weighted by atomic mass is 16.1. The zero-order valence-corrected chi connectivity index (χ0v) is 13.4. The third-order valence-electron chi connectivity index (χ3n) is 4.84. The first-order chi connectivity index (χ1) is 11.7. The minimum absolute atomic E-state index is 0.0224. The molecule has 116 valence electrons. The maximum atomic E-state index is 12.9. The van der Waals surface area contributed by atoms with Crippen molar-refractivity contribution >= 4 is 38.4 Å². The first-order valence-corrected chi connectivity index (χ1v) is 7.94. The molecule has 0 fully saturated rings. The molecule has 2 aromatic carbocycles. The molecular weight excluding hydrogens is 298 g/mol. The molecular formula is C20H15N3O. The molecule has 4 nitrogen and oxygen atoms in total. The summed E-state index contributed by atoms with van der Waals surface area (Å²) in [6.07, 6.45) is 1.91. The van der Waals surface area contributed by atoms with Gasteiger partial charge in [-0.3, -0.25) is 9.20 Å². The summed E-state index contributed by atoms with van der Waals surface area (Å²) in [5.74, 6) is 0. The highest BCUT2D eigenvalue weighted by molar-refractivity contribution is 6.13. The molecule has 3 aromatic heterocycles. The van der Waals surface area contributed by atoms with Gasteiger partial charge < -0.3 is 4.57 Å². The summed E-state index contributed by atoms with van der Waals surface area (Å²) in [5.41, 5.74) is 4.64. The highest BCUT2D eigenvalue weighted by Gasteiger charge is 2.16. The Morgan fingerprint density at radius 3 is 2.50 bits per heavy atom. The third-order valence-corrected chi connectivity index (χ3v) is 4.84. The van der Waals surface area contributed by atoms with E-state index < -0.39 is 0 Å². The fraction of sp³-hybridized carbons (Fsp3) is 0.100. The number of hydrogen-bond acceptors (Lipinski definition) is 2. The zero-order valence-electron chi connectivity index (χ0n) is 13.4. The fourth-order valence-electron chi connectivity index (χ4n) is 3.75. The van der Waals surface area contributed by atoms with E-state index in [1.165, 1.54) is 5.39 Å². The van der Waals surface area contributed by atoms with Crippen molar-refractivity contribution in [3.05, 3.63) is 70.6 Å². The molecule has 4 heteroatoms. The second kappa shape index (κ2) is 4.45. The van der Waals surface area contributed by atoms with Crippen molar-refractivity contribution in [1.29, 1.82) is 0 Å². The summed E-state index contributed by atoms with van der Waals surface area (Å²) in [4.78, 5) is 17.7. The van der Waals surface area contributed by atoms with Crippen LogP contribution in [0.25, 0.3) is 38.4 Å². The van der Waals surface area contributed by atoms with E-state index in [9.17, 15) is 4.79 Å². The van der Waals surface area contributed by atoms with Gasteiger partial charge in [0, 0.05) is 29.5 Å². The van der Waals surface area contributed by atoms with Crippen LogP contribution >= 0.6 is 0 Å². The van der Waals surface area contributed by atoms with Crippen molar-refractivity contribution in [2.75, 3.05) is 0 Å². The van der Waals surface area contributed by atoms with E-state index in [0.717, 1.165) is 27.5 Å². The molecule has 24 heavy (non-hydrogen) atoms. The Morgan fingerprint density at radius 2 is 1.67 bits per heavy atom. The number of rotatable bonds is 0. The van der Waals surface area contributed by atoms with Gasteiger partial charge in [0.2, 0.25) is 0 Å². The first kappa shape index (κ1) is 13.3.